The zero-order chi connectivity index (χ0) is 14.9. The van der Waals surface area contributed by atoms with Crippen molar-refractivity contribution in [2.45, 2.75) is 58.5 Å². The van der Waals surface area contributed by atoms with Crippen molar-refractivity contribution in [3.8, 4) is 0 Å². The summed E-state index contributed by atoms with van der Waals surface area (Å²) in [5.74, 6) is -0.0378. The molecule has 1 aromatic carbocycles. The molecule has 2 heteroatoms. The van der Waals surface area contributed by atoms with Crippen LogP contribution < -0.4 is 0 Å². The van der Waals surface area contributed by atoms with Gasteiger partial charge in [-0.05, 0) is 58.1 Å². The maximum Gasteiger partial charge on any atom is 0.333 e. The molecular weight excluding hydrogens is 248 g/mol. The van der Waals surface area contributed by atoms with E-state index in [2.05, 4.69) is 31.7 Å². The zero-order valence-electron chi connectivity index (χ0n) is 13.0. The van der Waals surface area contributed by atoms with E-state index in [9.17, 15) is 4.79 Å². The van der Waals surface area contributed by atoms with Gasteiger partial charge >= 0.3 is 5.97 Å². The van der Waals surface area contributed by atoms with Gasteiger partial charge in [0, 0.05) is 11.5 Å². The summed E-state index contributed by atoms with van der Waals surface area (Å²) in [7, 11) is 0. The number of hydrogen-bond acceptors (Lipinski definition) is 2. The molecule has 2 nitrogen and oxygen atoms in total. The molecule has 0 bridgehead atoms. The quantitative estimate of drug-likeness (QED) is 0.605. The summed E-state index contributed by atoms with van der Waals surface area (Å²) in [4.78, 5) is 11.9. The molecule has 0 saturated heterocycles. The molecule has 1 aliphatic rings. The highest BCUT2D eigenvalue weighted by Crippen LogP contribution is 2.41. The molecule has 0 amide bonds. The van der Waals surface area contributed by atoms with Crippen LogP contribution in [0.3, 0.4) is 0 Å². The molecule has 0 saturated carbocycles. The van der Waals surface area contributed by atoms with E-state index in [1.807, 2.05) is 13.8 Å². The molecular formula is C18H24O2. The molecule has 1 unspecified atom stereocenters. The minimum absolute atomic E-state index is 0.259. The van der Waals surface area contributed by atoms with Crippen molar-refractivity contribution >= 4 is 5.97 Å². The van der Waals surface area contributed by atoms with Gasteiger partial charge in [0.25, 0.3) is 0 Å². The van der Waals surface area contributed by atoms with Gasteiger partial charge < -0.3 is 4.74 Å². The summed E-state index contributed by atoms with van der Waals surface area (Å²) in [6, 6.07) is 6.62. The number of aryl methyl sites for hydroxylation is 2. The minimum atomic E-state index is -0.501. The Kier molecular flexibility index (Phi) is 4.03. The van der Waals surface area contributed by atoms with E-state index in [1.165, 1.54) is 16.7 Å². The van der Waals surface area contributed by atoms with Gasteiger partial charge in [0.15, 0.2) is 0 Å². The second kappa shape index (κ2) is 5.43. The van der Waals surface area contributed by atoms with Crippen LogP contribution in [0.25, 0.3) is 0 Å². The van der Waals surface area contributed by atoms with E-state index in [0.29, 0.717) is 5.57 Å². The zero-order valence-corrected chi connectivity index (χ0v) is 13.0. The summed E-state index contributed by atoms with van der Waals surface area (Å²) >= 11 is 0. The molecule has 0 aromatic heterocycles. The Labute approximate surface area is 121 Å². The van der Waals surface area contributed by atoms with Crippen LogP contribution in [0.2, 0.25) is 0 Å². The van der Waals surface area contributed by atoms with Crippen molar-refractivity contribution in [1.29, 1.82) is 0 Å². The number of carbonyl (C=O) groups is 1. The van der Waals surface area contributed by atoms with Gasteiger partial charge in [0.05, 0.1) is 0 Å². The van der Waals surface area contributed by atoms with Crippen LogP contribution in [0.4, 0.5) is 0 Å². The lowest BCUT2D eigenvalue weighted by Gasteiger charge is -2.38. The van der Waals surface area contributed by atoms with Crippen LogP contribution >= 0.6 is 0 Å². The number of ether oxygens (including phenoxy) is 1. The fourth-order valence-electron chi connectivity index (χ4n) is 3.04. The fourth-order valence-corrected chi connectivity index (χ4v) is 3.04. The normalized spacial score (nSPS) is 18.3. The number of esters is 1. The van der Waals surface area contributed by atoms with Gasteiger partial charge in [-0.2, -0.15) is 0 Å². The van der Waals surface area contributed by atoms with E-state index in [-0.39, 0.29) is 11.9 Å². The standard InChI is InChI=1S/C18H24O2/c1-12(2)17(19)20-18(4,5)16-8-6-7-14-10-9-13(3)11-15(14)16/h9-11,16H,1,6-8H2,2-5H3. The van der Waals surface area contributed by atoms with E-state index >= 15 is 0 Å². The topological polar surface area (TPSA) is 26.3 Å². The van der Waals surface area contributed by atoms with Gasteiger partial charge in [0.1, 0.15) is 5.60 Å². The van der Waals surface area contributed by atoms with Gasteiger partial charge in [-0.3, -0.25) is 0 Å². The number of rotatable bonds is 3. The van der Waals surface area contributed by atoms with E-state index in [0.717, 1.165) is 19.3 Å². The molecule has 1 aromatic rings. The average Bonchev–Trinajstić information content (AvgIpc) is 2.37. The molecule has 108 valence electrons. The molecule has 0 radical (unpaired) electrons. The van der Waals surface area contributed by atoms with E-state index in [1.54, 1.807) is 6.92 Å². The average molecular weight is 272 g/mol. The highest BCUT2D eigenvalue weighted by Gasteiger charge is 2.37. The van der Waals surface area contributed by atoms with Crippen molar-refractivity contribution in [3.63, 3.8) is 0 Å². The Balaban J connectivity index is 2.32. The SMILES string of the molecule is C=C(C)C(=O)OC(C)(C)C1CCCc2ccc(C)cc21. The first-order valence-electron chi connectivity index (χ1n) is 7.29. The van der Waals surface area contributed by atoms with Crippen LogP contribution in [0.1, 0.15) is 56.2 Å². The predicted octanol–water partition coefficient (Wildman–Crippen LogP) is 4.31. The molecule has 20 heavy (non-hydrogen) atoms. The van der Waals surface area contributed by atoms with Crippen LogP contribution in [-0.4, -0.2) is 11.6 Å². The first-order chi connectivity index (χ1) is 9.31. The molecule has 1 aliphatic carbocycles. The second-order valence-electron chi connectivity index (χ2n) is 6.42. The van der Waals surface area contributed by atoms with Crippen LogP contribution in [0.15, 0.2) is 30.4 Å². The summed E-state index contributed by atoms with van der Waals surface area (Å²) < 4.78 is 5.70. The molecule has 0 heterocycles. The molecule has 2 rings (SSSR count). The highest BCUT2D eigenvalue weighted by atomic mass is 16.6. The third kappa shape index (κ3) is 2.95. The van der Waals surface area contributed by atoms with Crippen LogP contribution in [-0.2, 0) is 16.0 Å². The van der Waals surface area contributed by atoms with E-state index in [4.69, 9.17) is 4.74 Å². The summed E-state index contributed by atoms with van der Waals surface area (Å²) in [6.45, 7) is 11.5. The Morgan fingerprint density at radius 2 is 2.10 bits per heavy atom. The number of fused-ring (bicyclic) bond motifs is 1. The van der Waals surface area contributed by atoms with E-state index < -0.39 is 5.60 Å². The molecule has 0 N–H and O–H groups in total. The molecule has 0 spiro atoms. The molecule has 0 aliphatic heterocycles. The Morgan fingerprint density at radius 3 is 2.75 bits per heavy atom. The number of benzene rings is 1. The Morgan fingerprint density at radius 1 is 1.40 bits per heavy atom. The van der Waals surface area contributed by atoms with Crippen molar-refractivity contribution in [2.24, 2.45) is 0 Å². The third-order valence-electron chi connectivity index (χ3n) is 4.16. The number of carbonyl (C=O) groups excluding carboxylic acids is 1. The second-order valence-corrected chi connectivity index (χ2v) is 6.42. The van der Waals surface area contributed by atoms with Gasteiger partial charge in [-0.1, -0.05) is 30.3 Å². The minimum Gasteiger partial charge on any atom is -0.456 e. The van der Waals surface area contributed by atoms with Crippen molar-refractivity contribution in [2.75, 3.05) is 0 Å². The van der Waals surface area contributed by atoms with Crippen molar-refractivity contribution in [1.82, 2.24) is 0 Å². The maximum absolute atomic E-state index is 11.9. The maximum atomic E-state index is 11.9. The monoisotopic (exact) mass is 272 g/mol. The van der Waals surface area contributed by atoms with Gasteiger partial charge in [-0.15, -0.1) is 0 Å². The summed E-state index contributed by atoms with van der Waals surface area (Å²) in [5, 5.41) is 0. The lowest BCUT2D eigenvalue weighted by atomic mass is 9.74. The summed E-state index contributed by atoms with van der Waals surface area (Å²) in [5.41, 5.74) is 3.96. The highest BCUT2D eigenvalue weighted by molar-refractivity contribution is 5.87. The predicted molar refractivity (Wildman–Crippen MR) is 81.8 cm³/mol. The Bertz CT molecular complexity index is 540. The third-order valence-corrected chi connectivity index (χ3v) is 4.16. The van der Waals surface area contributed by atoms with Crippen LogP contribution in [0, 0.1) is 6.92 Å². The van der Waals surface area contributed by atoms with Gasteiger partial charge in [0.2, 0.25) is 0 Å². The smallest absolute Gasteiger partial charge is 0.333 e. The van der Waals surface area contributed by atoms with Gasteiger partial charge in [-0.25, -0.2) is 4.79 Å². The molecule has 1 atom stereocenters. The Hall–Kier alpha value is -1.57. The van der Waals surface area contributed by atoms with Crippen molar-refractivity contribution in [3.05, 3.63) is 47.0 Å². The largest absolute Gasteiger partial charge is 0.456 e. The van der Waals surface area contributed by atoms with Crippen LogP contribution in [0.5, 0.6) is 0 Å². The first kappa shape index (κ1) is 14.8. The lowest BCUT2D eigenvalue weighted by molar-refractivity contribution is -0.154. The first-order valence-corrected chi connectivity index (χ1v) is 7.29. The summed E-state index contributed by atoms with van der Waals surface area (Å²) in [6.07, 6.45) is 3.33. The lowest BCUT2D eigenvalue weighted by Crippen LogP contribution is -2.37. The number of hydrogen-bond donors (Lipinski definition) is 0. The van der Waals surface area contributed by atoms with Crippen molar-refractivity contribution < 1.29 is 9.53 Å². The molecule has 0 fully saturated rings. The fraction of sp³-hybridized carbons (Fsp3) is 0.500.